The Morgan fingerprint density at radius 1 is 0.600 bits per heavy atom. The fraction of sp³-hybridized carbons (Fsp3) is 0.611. The standard InChI is InChI=1S/C36H50O4/c1-5-7-27-9-13-29(14-10-27)31-17-21-33(22-18-31)35(37)39-25(3)26(4)40-36(38)34-23-19-32(20-24-34)30-15-11-28(8-6-2)12-16-30/h17-30H,5-16H2,1-4H3. The summed E-state index contributed by atoms with van der Waals surface area (Å²) in [6, 6.07) is 15.8. The Labute approximate surface area is 242 Å². The number of carbonyl (C=O) groups excluding carboxylic acids is 2. The molecule has 0 aliphatic heterocycles. The Morgan fingerprint density at radius 3 is 1.23 bits per heavy atom. The first-order valence-electron chi connectivity index (χ1n) is 16.0. The number of hydrogen-bond donors (Lipinski definition) is 0. The monoisotopic (exact) mass is 546 g/mol. The van der Waals surface area contributed by atoms with Crippen molar-refractivity contribution in [3.05, 3.63) is 70.8 Å². The highest BCUT2D eigenvalue weighted by atomic mass is 16.6. The highest BCUT2D eigenvalue weighted by Crippen LogP contribution is 2.38. The molecule has 2 saturated carbocycles. The van der Waals surface area contributed by atoms with E-state index < -0.39 is 12.2 Å². The first kappa shape index (κ1) is 30.3. The SMILES string of the molecule is CCCC1CCC(c2ccc(C(=O)OC(C)C(C)OC(=O)c3ccc(C4CCC(CCC)CC4)cc3)cc2)CC1. The van der Waals surface area contributed by atoms with E-state index in [-0.39, 0.29) is 11.9 Å². The predicted molar refractivity (Wildman–Crippen MR) is 162 cm³/mol. The number of esters is 2. The molecule has 218 valence electrons. The zero-order valence-corrected chi connectivity index (χ0v) is 25.2. The first-order valence-corrected chi connectivity index (χ1v) is 16.0. The molecule has 2 aromatic carbocycles. The molecule has 2 fully saturated rings. The molecule has 0 N–H and O–H groups in total. The largest absolute Gasteiger partial charge is 0.455 e. The molecule has 2 aliphatic carbocycles. The van der Waals surface area contributed by atoms with Crippen LogP contribution >= 0.6 is 0 Å². The van der Waals surface area contributed by atoms with E-state index in [9.17, 15) is 9.59 Å². The molecule has 0 bridgehead atoms. The highest BCUT2D eigenvalue weighted by molar-refractivity contribution is 5.90. The van der Waals surface area contributed by atoms with Gasteiger partial charge in [-0.1, -0.05) is 63.8 Å². The molecule has 40 heavy (non-hydrogen) atoms. The lowest BCUT2D eigenvalue weighted by molar-refractivity contribution is -0.0239. The van der Waals surface area contributed by atoms with Crippen LogP contribution in [-0.2, 0) is 9.47 Å². The lowest BCUT2D eigenvalue weighted by Gasteiger charge is -2.28. The van der Waals surface area contributed by atoms with Gasteiger partial charge in [0.2, 0.25) is 0 Å². The second kappa shape index (κ2) is 14.8. The zero-order chi connectivity index (χ0) is 28.5. The quantitative estimate of drug-likeness (QED) is 0.263. The molecule has 4 heteroatoms. The lowest BCUT2D eigenvalue weighted by atomic mass is 9.77. The smallest absolute Gasteiger partial charge is 0.338 e. The normalized spacial score (nSPS) is 24.6. The summed E-state index contributed by atoms with van der Waals surface area (Å²) in [6.45, 7) is 8.09. The maximum atomic E-state index is 12.8. The van der Waals surface area contributed by atoms with Gasteiger partial charge in [0.05, 0.1) is 11.1 Å². The van der Waals surface area contributed by atoms with Crippen molar-refractivity contribution in [3.8, 4) is 0 Å². The van der Waals surface area contributed by atoms with E-state index in [4.69, 9.17) is 9.47 Å². The summed E-state index contributed by atoms with van der Waals surface area (Å²) in [4.78, 5) is 25.6. The van der Waals surface area contributed by atoms with E-state index in [1.807, 2.05) is 24.3 Å². The van der Waals surface area contributed by atoms with E-state index >= 15 is 0 Å². The van der Waals surface area contributed by atoms with Crippen LogP contribution in [0.15, 0.2) is 48.5 Å². The highest BCUT2D eigenvalue weighted by Gasteiger charge is 2.25. The van der Waals surface area contributed by atoms with Crippen molar-refractivity contribution in [2.75, 3.05) is 0 Å². The van der Waals surface area contributed by atoms with Crippen LogP contribution in [0.3, 0.4) is 0 Å². The second-order valence-electron chi connectivity index (χ2n) is 12.5. The van der Waals surface area contributed by atoms with E-state index in [2.05, 4.69) is 38.1 Å². The Morgan fingerprint density at radius 2 is 0.925 bits per heavy atom. The van der Waals surface area contributed by atoms with Crippen LogP contribution in [0.1, 0.15) is 148 Å². The third-order valence-corrected chi connectivity index (χ3v) is 9.57. The summed E-state index contributed by atoms with van der Waals surface area (Å²) in [5.74, 6) is 2.18. The summed E-state index contributed by atoms with van der Waals surface area (Å²) in [7, 11) is 0. The van der Waals surface area contributed by atoms with Gasteiger partial charge in [0.15, 0.2) is 0 Å². The van der Waals surface area contributed by atoms with Gasteiger partial charge < -0.3 is 9.47 Å². The maximum Gasteiger partial charge on any atom is 0.338 e. The molecule has 0 aromatic heterocycles. The molecule has 0 amide bonds. The van der Waals surface area contributed by atoms with Crippen molar-refractivity contribution in [3.63, 3.8) is 0 Å². The molecule has 2 atom stereocenters. The summed E-state index contributed by atoms with van der Waals surface area (Å²) in [6.07, 6.45) is 14.3. The predicted octanol–water partition coefficient (Wildman–Crippen LogP) is 9.63. The number of rotatable bonds is 11. The van der Waals surface area contributed by atoms with Crippen LogP contribution in [0.25, 0.3) is 0 Å². The van der Waals surface area contributed by atoms with Crippen LogP contribution in [0, 0.1) is 11.8 Å². The number of ether oxygens (including phenoxy) is 2. The number of carbonyl (C=O) groups is 2. The van der Waals surface area contributed by atoms with Crippen LogP contribution in [-0.4, -0.2) is 24.1 Å². The van der Waals surface area contributed by atoms with Crippen LogP contribution in [0.2, 0.25) is 0 Å². The minimum Gasteiger partial charge on any atom is -0.455 e. The molecule has 0 heterocycles. The minimum atomic E-state index is -0.553. The van der Waals surface area contributed by atoms with Gasteiger partial charge in [-0.05, 0) is 124 Å². The Kier molecular flexibility index (Phi) is 11.3. The van der Waals surface area contributed by atoms with Gasteiger partial charge in [-0.15, -0.1) is 0 Å². The molecule has 2 unspecified atom stereocenters. The minimum absolute atomic E-state index is 0.383. The lowest BCUT2D eigenvalue weighted by Crippen LogP contribution is -2.30. The summed E-state index contributed by atoms with van der Waals surface area (Å²) in [5.41, 5.74) is 3.70. The van der Waals surface area contributed by atoms with Gasteiger partial charge in [-0.25, -0.2) is 9.59 Å². The maximum absolute atomic E-state index is 12.8. The van der Waals surface area contributed by atoms with Crippen molar-refractivity contribution < 1.29 is 19.1 Å². The van der Waals surface area contributed by atoms with Crippen LogP contribution in [0.5, 0.6) is 0 Å². The molecule has 0 spiro atoms. The van der Waals surface area contributed by atoms with E-state index in [1.54, 1.807) is 13.8 Å². The zero-order valence-electron chi connectivity index (χ0n) is 25.2. The third-order valence-electron chi connectivity index (χ3n) is 9.57. The summed E-state index contributed by atoms with van der Waals surface area (Å²) in [5, 5.41) is 0. The second-order valence-corrected chi connectivity index (χ2v) is 12.5. The number of benzene rings is 2. The Balaban J connectivity index is 1.23. The molecular weight excluding hydrogens is 496 g/mol. The van der Waals surface area contributed by atoms with Gasteiger partial charge in [0.1, 0.15) is 12.2 Å². The molecule has 2 aromatic rings. The Bertz CT molecular complexity index is 969. The molecule has 4 nitrogen and oxygen atoms in total. The van der Waals surface area contributed by atoms with Gasteiger partial charge >= 0.3 is 11.9 Å². The van der Waals surface area contributed by atoms with E-state index in [0.29, 0.717) is 23.0 Å². The van der Waals surface area contributed by atoms with Gasteiger partial charge in [-0.2, -0.15) is 0 Å². The first-order chi connectivity index (χ1) is 19.4. The topological polar surface area (TPSA) is 52.6 Å². The van der Waals surface area contributed by atoms with Gasteiger partial charge in [0, 0.05) is 0 Å². The van der Waals surface area contributed by atoms with Gasteiger partial charge in [0.25, 0.3) is 0 Å². The average molecular weight is 547 g/mol. The van der Waals surface area contributed by atoms with Crippen LogP contribution < -0.4 is 0 Å². The average Bonchev–Trinajstić information content (AvgIpc) is 2.98. The van der Waals surface area contributed by atoms with Crippen molar-refractivity contribution in [1.82, 2.24) is 0 Å². The molecule has 0 saturated heterocycles. The molecule has 2 aliphatic rings. The fourth-order valence-electron chi connectivity index (χ4n) is 6.83. The molecule has 4 rings (SSSR count). The fourth-order valence-corrected chi connectivity index (χ4v) is 6.83. The molecule has 0 radical (unpaired) electrons. The number of hydrogen-bond acceptors (Lipinski definition) is 4. The van der Waals surface area contributed by atoms with E-state index in [0.717, 1.165) is 11.8 Å². The summed E-state index contributed by atoms with van der Waals surface area (Å²) >= 11 is 0. The third kappa shape index (κ3) is 8.21. The van der Waals surface area contributed by atoms with Gasteiger partial charge in [-0.3, -0.25) is 0 Å². The van der Waals surface area contributed by atoms with Crippen LogP contribution in [0.4, 0.5) is 0 Å². The Hall–Kier alpha value is -2.62. The van der Waals surface area contributed by atoms with Crippen molar-refractivity contribution in [2.24, 2.45) is 11.8 Å². The summed E-state index contributed by atoms with van der Waals surface area (Å²) < 4.78 is 11.3. The van der Waals surface area contributed by atoms with Crippen molar-refractivity contribution in [1.29, 1.82) is 0 Å². The van der Waals surface area contributed by atoms with Crippen molar-refractivity contribution >= 4 is 11.9 Å². The molecular formula is C36H50O4. The van der Waals surface area contributed by atoms with Crippen molar-refractivity contribution in [2.45, 2.75) is 129 Å². The van der Waals surface area contributed by atoms with E-state index in [1.165, 1.54) is 88.2 Å².